The Morgan fingerprint density at radius 2 is 1.86 bits per heavy atom. The van der Waals surface area contributed by atoms with Crippen LogP contribution in [-0.2, 0) is 6.42 Å². The van der Waals surface area contributed by atoms with Gasteiger partial charge in [-0.3, -0.25) is 4.79 Å². The number of benzene rings is 2. The van der Waals surface area contributed by atoms with Crippen LogP contribution in [0.2, 0.25) is 5.02 Å². The SMILES string of the molecule is CCc1ccc(C(=O)C(C)Oc2ccc(C)cc2Cl)cc1. The maximum atomic E-state index is 12.4. The van der Waals surface area contributed by atoms with E-state index in [1.54, 1.807) is 13.0 Å². The van der Waals surface area contributed by atoms with Crippen molar-refractivity contribution in [3.63, 3.8) is 0 Å². The lowest BCUT2D eigenvalue weighted by molar-refractivity contribution is 0.0818. The molecule has 110 valence electrons. The molecule has 0 aliphatic carbocycles. The molecule has 0 radical (unpaired) electrons. The molecule has 2 aromatic carbocycles. The molecule has 0 aromatic heterocycles. The van der Waals surface area contributed by atoms with Gasteiger partial charge in [-0.25, -0.2) is 0 Å². The molecule has 3 heteroatoms. The van der Waals surface area contributed by atoms with Crippen LogP contribution in [0.1, 0.15) is 35.3 Å². The Morgan fingerprint density at radius 3 is 2.43 bits per heavy atom. The van der Waals surface area contributed by atoms with Gasteiger partial charge in [-0.1, -0.05) is 48.9 Å². The summed E-state index contributed by atoms with van der Waals surface area (Å²) in [5, 5.41) is 0.524. The van der Waals surface area contributed by atoms with E-state index in [0.717, 1.165) is 12.0 Å². The van der Waals surface area contributed by atoms with E-state index in [-0.39, 0.29) is 5.78 Å². The Labute approximate surface area is 130 Å². The van der Waals surface area contributed by atoms with Gasteiger partial charge in [0.05, 0.1) is 5.02 Å². The fourth-order valence-corrected chi connectivity index (χ4v) is 2.36. The van der Waals surface area contributed by atoms with E-state index >= 15 is 0 Å². The van der Waals surface area contributed by atoms with Crippen LogP contribution < -0.4 is 4.74 Å². The Kier molecular flexibility index (Phi) is 5.03. The highest BCUT2D eigenvalue weighted by atomic mass is 35.5. The van der Waals surface area contributed by atoms with Crippen molar-refractivity contribution in [2.24, 2.45) is 0 Å². The number of carbonyl (C=O) groups is 1. The highest BCUT2D eigenvalue weighted by molar-refractivity contribution is 6.32. The van der Waals surface area contributed by atoms with E-state index in [2.05, 4.69) is 6.92 Å². The molecule has 1 unspecified atom stereocenters. The summed E-state index contributed by atoms with van der Waals surface area (Å²) < 4.78 is 5.69. The van der Waals surface area contributed by atoms with Gasteiger partial charge in [0.25, 0.3) is 0 Å². The van der Waals surface area contributed by atoms with E-state index in [1.807, 2.05) is 43.3 Å². The molecule has 2 aromatic rings. The van der Waals surface area contributed by atoms with Crippen LogP contribution in [0.5, 0.6) is 5.75 Å². The van der Waals surface area contributed by atoms with Crippen LogP contribution in [0, 0.1) is 6.92 Å². The second-order valence-electron chi connectivity index (χ2n) is 5.11. The van der Waals surface area contributed by atoms with Gasteiger partial charge in [-0.05, 0) is 43.5 Å². The molecule has 0 bridgehead atoms. The number of aryl methyl sites for hydroxylation is 2. The summed E-state index contributed by atoms with van der Waals surface area (Å²) in [6.45, 7) is 5.79. The molecule has 0 amide bonds. The quantitative estimate of drug-likeness (QED) is 0.737. The minimum Gasteiger partial charge on any atom is -0.481 e. The molecule has 0 aliphatic rings. The summed E-state index contributed by atoms with van der Waals surface area (Å²) in [5.41, 5.74) is 2.92. The monoisotopic (exact) mass is 302 g/mol. The largest absolute Gasteiger partial charge is 0.481 e. The fraction of sp³-hybridized carbons (Fsp3) is 0.278. The molecule has 0 N–H and O–H groups in total. The van der Waals surface area contributed by atoms with Crippen molar-refractivity contribution >= 4 is 17.4 Å². The van der Waals surface area contributed by atoms with Crippen molar-refractivity contribution in [3.8, 4) is 5.75 Å². The fourth-order valence-electron chi connectivity index (χ4n) is 2.08. The van der Waals surface area contributed by atoms with Crippen molar-refractivity contribution in [2.45, 2.75) is 33.3 Å². The predicted molar refractivity (Wildman–Crippen MR) is 86.4 cm³/mol. The van der Waals surface area contributed by atoms with Gasteiger partial charge < -0.3 is 4.74 Å². The minimum atomic E-state index is -0.572. The van der Waals surface area contributed by atoms with E-state index in [9.17, 15) is 4.79 Å². The van der Waals surface area contributed by atoms with Crippen molar-refractivity contribution in [2.75, 3.05) is 0 Å². The zero-order valence-corrected chi connectivity index (χ0v) is 13.3. The third-order valence-corrected chi connectivity index (χ3v) is 3.70. The van der Waals surface area contributed by atoms with Gasteiger partial charge >= 0.3 is 0 Å². The van der Waals surface area contributed by atoms with E-state index in [4.69, 9.17) is 16.3 Å². The lowest BCUT2D eigenvalue weighted by atomic mass is 10.0. The third-order valence-electron chi connectivity index (χ3n) is 3.41. The lowest BCUT2D eigenvalue weighted by Crippen LogP contribution is -2.24. The maximum absolute atomic E-state index is 12.4. The molecule has 0 saturated carbocycles. The number of ether oxygens (including phenoxy) is 1. The van der Waals surface area contributed by atoms with Crippen LogP contribution in [0.3, 0.4) is 0 Å². The van der Waals surface area contributed by atoms with Gasteiger partial charge in [0.15, 0.2) is 6.10 Å². The van der Waals surface area contributed by atoms with E-state index in [0.29, 0.717) is 16.3 Å². The van der Waals surface area contributed by atoms with Crippen LogP contribution in [0.4, 0.5) is 0 Å². The van der Waals surface area contributed by atoms with Crippen LogP contribution in [-0.4, -0.2) is 11.9 Å². The van der Waals surface area contributed by atoms with Gasteiger partial charge in [0.2, 0.25) is 5.78 Å². The molecular formula is C18H19ClO2. The first-order valence-corrected chi connectivity index (χ1v) is 7.45. The van der Waals surface area contributed by atoms with Crippen molar-refractivity contribution in [1.82, 2.24) is 0 Å². The second kappa shape index (κ2) is 6.77. The first kappa shape index (κ1) is 15.6. The highest BCUT2D eigenvalue weighted by Crippen LogP contribution is 2.26. The zero-order chi connectivity index (χ0) is 15.4. The summed E-state index contributed by atoms with van der Waals surface area (Å²) in [5.74, 6) is 0.489. The first-order chi connectivity index (χ1) is 10.0. The summed E-state index contributed by atoms with van der Waals surface area (Å²) in [7, 11) is 0. The molecule has 0 aliphatic heterocycles. The van der Waals surface area contributed by atoms with Crippen molar-refractivity contribution in [1.29, 1.82) is 0 Å². The normalized spacial score (nSPS) is 12.0. The number of ketones is 1. The second-order valence-corrected chi connectivity index (χ2v) is 5.52. The average Bonchev–Trinajstić information content (AvgIpc) is 2.49. The Bertz CT molecular complexity index is 632. The van der Waals surface area contributed by atoms with Gasteiger partial charge in [-0.15, -0.1) is 0 Å². The molecule has 0 spiro atoms. The minimum absolute atomic E-state index is 0.0469. The molecule has 0 heterocycles. The maximum Gasteiger partial charge on any atom is 0.202 e. The Hall–Kier alpha value is -1.80. The predicted octanol–water partition coefficient (Wildman–Crippen LogP) is 4.86. The molecule has 1 atom stereocenters. The molecule has 2 rings (SSSR count). The zero-order valence-electron chi connectivity index (χ0n) is 12.5. The highest BCUT2D eigenvalue weighted by Gasteiger charge is 2.18. The number of Topliss-reactive ketones (excluding diaryl/α,β-unsaturated/α-hetero) is 1. The number of hydrogen-bond acceptors (Lipinski definition) is 2. The standard InChI is InChI=1S/C18H19ClO2/c1-4-14-6-8-15(9-7-14)18(20)13(3)21-17-10-5-12(2)11-16(17)19/h5-11,13H,4H2,1-3H3. The van der Waals surface area contributed by atoms with Gasteiger partial charge in [0, 0.05) is 5.56 Å². The summed E-state index contributed by atoms with van der Waals surface area (Å²) in [4.78, 5) is 12.4. The summed E-state index contributed by atoms with van der Waals surface area (Å²) in [6, 6.07) is 13.2. The Morgan fingerprint density at radius 1 is 1.19 bits per heavy atom. The smallest absolute Gasteiger partial charge is 0.202 e. The van der Waals surface area contributed by atoms with Crippen LogP contribution in [0.15, 0.2) is 42.5 Å². The van der Waals surface area contributed by atoms with Crippen molar-refractivity contribution in [3.05, 3.63) is 64.2 Å². The first-order valence-electron chi connectivity index (χ1n) is 7.07. The molecule has 2 nitrogen and oxygen atoms in total. The van der Waals surface area contributed by atoms with Gasteiger partial charge in [0.1, 0.15) is 5.75 Å². The van der Waals surface area contributed by atoms with E-state index in [1.165, 1.54) is 5.56 Å². The molecule has 0 saturated heterocycles. The number of hydrogen-bond donors (Lipinski definition) is 0. The van der Waals surface area contributed by atoms with Crippen LogP contribution in [0.25, 0.3) is 0 Å². The number of halogens is 1. The number of rotatable bonds is 5. The molecular weight excluding hydrogens is 284 g/mol. The van der Waals surface area contributed by atoms with Gasteiger partial charge in [-0.2, -0.15) is 0 Å². The topological polar surface area (TPSA) is 26.3 Å². The average molecular weight is 303 g/mol. The molecule has 0 fully saturated rings. The third kappa shape index (κ3) is 3.85. The summed E-state index contributed by atoms with van der Waals surface area (Å²) in [6.07, 6.45) is 0.386. The van der Waals surface area contributed by atoms with Crippen LogP contribution >= 0.6 is 11.6 Å². The number of carbonyl (C=O) groups excluding carboxylic acids is 1. The molecule has 21 heavy (non-hydrogen) atoms. The Balaban J connectivity index is 2.11. The van der Waals surface area contributed by atoms with Crippen molar-refractivity contribution < 1.29 is 9.53 Å². The lowest BCUT2D eigenvalue weighted by Gasteiger charge is -2.15. The van der Waals surface area contributed by atoms with E-state index < -0.39 is 6.10 Å². The summed E-state index contributed by atoms with van der Waals surface area (Å²) >= 11 is 6.13.